The SMILES string of the molecule is COC(=O)c1c(OC2OC(COC3OCC(O)C(O)C3O)C(O)C(O)C2O)cc2c(c1O)C(=O)c1ccccc1C2=O. The van der Waals surface area contributed by atoms with Crippen LogP contribution in [0.25, 0.3) is 0 Å². The smallest absolute Gasteiger partial charge is 0.345 e. The second-order valence-electron chi connectivity index (χ2n) is 9.93. The van der Waals surface area contributed by atoms with Gasteiger partial charge in [0.2, 0.25) is 6.29 Å². The summed E-state index contributed by atoms with van der Waals surface area (Å²) in [7, 11) is 0.990. The van der Waals surface area contributed by atoms with E-state index in [2.05, 4.69) is 0 Å². The summed E-state index contributed by atoms with van der Waals surface area (Å²) in [5.74, 6) is -4.03. The van der Waals surface area contributed by atoms with Crippen molar-refractivity contribution in [1.29, 1.82) is 0 Å². The first-order valence-electron chi connectivity index (χ1n) is 12.8. The van der Waals surface area contributed by atoms with Gasteiger partial charge < -0.3 is 59.4 Å². The van der Waals surface area contributed by atoms with Crippen molar-refractivity contribution in [2.24, 2.45) is 0 Å². The molecule has 0 bridgehead atoms. The van der Waals surface area contributed by atoms with E-state index in [0.29, 0.717) is 0 Å². The van der Waals surface area contributed by atoms with Gasteiger partial charge in [0.25, 0.3) is 0 Å². The van der Waals surface area contributed by atoms with Crippen LogP contribution >= 0.6 is 0 Å². The monoisotopic (exact) mass is 592 g/mol. The highest BCUT2D eigenvalue weighted by Crippen LogP contribution is 2.41. The molecular formula is C27H28O15. The molecular weight excluding hydrogens is 564 g/mol. The number of methoxy groups -OCH3 is 1. The van der Waals surface area contributed by atoms with Crippen molar-refractivity contribution in [3.8, 4) is 11.5 Å². The van der Waals surface area contributed by atoms with Crippen molar-refractivity contribution < 1.29 is 73.8 Å². The highest BCUT2D eigenvalue weighted by Gasteiger charge is 2.47. The highest BCUT2D eigenvalue weighted by atomic mass is 16.7. The minimum Gasteiger partial charge on any atom is -0.506 e. The molecule has 2 aliphatic heterocycles. The quantitative estimate of drug-likeness (QED) is 0.148. The normalized spacial score (nSPS) is 32.6. The first-order valence-corrected chi connectivity index (χ1v) is 12.8. The zero-order valence-electron chi connectivity index (χ0n) is 21.9. The van der Waals surface area contributed by atoms with Gasteiger partial charge in [0, 0.05) is 16.7 Å². The summed E-state index contributed by atoms with van der Waals surface area (Å²) >= 11 is 0. The first kappa shape index (κ1) is 30.0. The van der Waals surface area contributed by atoms with E-state index in [1.54, 1.807) is 0 Å². The van der Waals surface area contributed by atoms with E-state index < -0.39 is 102 Å². The van der Waals surface area contributed by atoms with Gasteiger partial charge in [-0.15, -0.1) is 0 Å². The Hall–Kier alpha value is -3.51. The van der Waals surface area contributed by atoms with Gasteiger partial charge >= 0.3 is 5.97 Å². The fourth-order valence-corrected chi connectivity index (χ4v) is 5.00. The summed E-state index contributed by atoms with van der Waals surface area (Å²) < 4.78 is 26.5. The summed E-state index contributed by atoms with van der Waals surface area (Å²) in [6.45, 7) is -0.952. The number of carbonyl (C=O) groups is 3. The maximum Gasteiger partial charge on any atom is 0.345 e. The summed E-state index contributed by atoms with van der Waals surface area (Å²) in [5, 5.41) is 72.1. The number of ether oxygens (including phenoxy) is 5. The van der Waals surface area contributed by atoms with Gasteiger partial charge in [-0.05, 0) is 6.07 Å². The van der Waals surface area contributed by atoms with Crippen LogP contribution in [0.15, 0.2) is 30.3 Å². The fraction of sp³-hybridized carbons (Fsp3) is 0.444. The topological polar surface area (TPSA) is 239 Å². The molecule has 2 aromatic rings. The van der Waals surface area contributed by atoms with Crippen LogP contribution in [0.1, 0.15) is 42.2 Å². The summed E-state index contributed by atoms with van der Waals surface area (Å²) in [4.78, 5) is 39.1. The molecule has 2 fully saturated rings. The van der Waals surface area contributed by atoms with Crippen LogP contribution in [-0.4, -0.2) is 129 Å². The number of aromatic hydroxyl groups is 1. The van der Waals surface area contributed by atoms with Gasteiger partial charge in [-0.2, -0.15) is 0 Å². The molecule has 2 heterocycles. The van der Waals surface area contributed by atoms with Gasteiger partial charge in [-0.25, -0.2) is 4.79 Å². The largest absolute Gasteiger partial charge is 0.506 e. The number of aliphatic hydroxyl groups excluding tert-OH is 6. The molecule has 0 spiro atoms. The molecule has 0 aromatic heterocycles. The van der Waals surface area contributed by atoms with Crippen LogP contribution in [0, 0.1) is 0 Å². The van der Waals surface area contributed by atoms with Crippen molar-refractivity contribution in [3.63, 3.8) is 0 Å². The summed E-state index contributed by atoms with van der Waals surface area (Å²) in [6, 6.07) is 6.86. The van der Waals surface area contributed by atoms with Gasteiger partial charge in [0.15, 0.2) is 17.9 Å². The molecule has 2 saturated heterocycles. The van der Waals surface area contributed by atoms with Crippen LogP contribution in [0.4, 0.5) is 0 Å². The van der Waals surface area contributed by atoms with Crippen molar-refractivity contribution >= 4 is 17.5 Å². The molecule has 15 nitrogen and oxygen atoms in total. The van der Waals surface area contributed by atoms with E-state index >= 15 is 0 Å². The second kappa shape index (κ2) is 11.6. The third kappa shape index (κ3) is 5.04. The van der Waals surface area contributed by atoms with Crippen molar-refractivity contribution in [2.45, 2.75) is 55.3 Å². The van der Waals surface area contributed by atoms with E-state index in [1.807, 2.05) is 0 Å². The highest BCUT2D eigenvalue weighted by molar-refractivity contribution is 6.30. The molecule has 1 aliphatic carbocycles. The molecule has 2 aromatic carbocycles. The Labute approximate surface area is 237 Å². The Morgan fingerprint density at radius 2 is 1.52 bits per heavy atom. The molecule has 0 radical (unpaired) electrons. The molecule has 0 amide bonds. The minimum absolute atomic E-state index is 0.00913. The summed E-state index contributed by atoms with van der Waals surface area (Å²) in [6.07, 6.45) is -14.9. The van der Waals surface area contributed by atoms with Crippen LogP contribution in [0.3, 0.4) is 0 Å². The number of esters is 1. The Morgan fingerprint density at radius 3 is 2.19 bits per heavy atom. The molecule has 7 N–H and O–H groups in total. The number of rotatable bonds is 6. The Balaban J connectivity index is 1.44. The molecule has 0 saturated carbocycles. The van der Waals surface area contributed by atoms with Gasteiger partial charge in [0.1, 0.15) is 59.8 Å². The lowest BCUT2D eigenvalue weighted by Crippen LogP contribution is -2.61. The molecule has 3 aliphatic rings. The number of phenols is 1. The number of carbonyl (C=O) groups excluding carboxylic acids is 3. The standard InChI is InChI=1S/C27H28O15/c1-38-25(37)16-13(6-11-15(21(16)33)18(30)10-5-3-2-4-9(10)17(11)29)41-27-24(36)22(34)20(32)14(42-27)8-40-26-23(35)19(31)12(28)7-39-26/h2-6,12,14,19-20,22-24,26-28,31-36H,7-8H2,1H3. The molecule has 9 unspecified atom stereocenters. The molecule has 9 atom stereocenters. The molecule has 5 rings (SSSR count). The third-order valence-corrected chi connectivity index (χ3v) is 7.33. The third-order valence-electron chi connectivity index (χ3n) is 7.33. The van der Waals surface area contributed by atoms with Gasteiger partial charge in [-0.1, -0.05) is 24.3 Å². The van der Waals surface area contributed by atoms with Crippen molar-refractivity contribution in [2.75, 3.05) is 20.3 Å². The first-order chi connectivity index (χ1) is 20.0. The summed E-state index contributed by atoms with van der Waals surface area (Å²) in [5.41, 5.74) is -1.40. The van der Waals surface area contributed by atoms with Crippen molar-refractivity contribution in [1.82, 2.24) is 0 Å². The predicted molar refractivity (Wildman–Crippen MR) is 134 cm³/mol. The van der Waals surface area contributed by atoms with E-state index in [4.69, 9.17) is 23.7 Å². The number of benzene rings is 2. The number of hydrogen-bond donors (Lipinski definition) is 7. The van der Waals surface area contributed by atoms with Crippen LogP contribution < -0.4 is 4.74 Å². The zero-order valence-corrected chi connectivity index (χ0v) is 21.9. The number of aliphatic hydroxyl groups is 6. The Morgan fingerprint density at radius 1 is 0.881 bits per heavy atom. The maximum atomic E-state index is 13.2. The van der Waals surface area contributed by atoms with Crippen LogP contribution in [0.2, 0.25) is 0 Å². The number of phenolic OH excluding ortho intramolecular Hbond substituents is 1. The minimum atomic E-state index is -1.94. The Bertz CT molecular complexity index is 1390. The molecule has 226 valence electrons. The zero-order chi connectivity index (χ0) is 30.5. The number of ketones is 2. The lowest BCUT2D eigenvalue weighted by molar-refractivity contribution is -0.307. The number of fused-ring (bicyclic) bond motifs is 2. The number of hydrogen-bond acceptors (Lipinski definition) is 15. The lowest BCUT2D eigenvalue weighted by atomic mass is 9.82. The molecule has 15 heteroatoms. The fourth-order valence-electron chi connectivity index (χ4n) is 5.00. The maximum absolute atomic E-state index is 13.2. The lowest BCUT2D eigenvalue weighted by Gasteiger charge is -2.41. The van der Waals surface area contributed by atoms with E-state index in [-0.39, 0.29) is 23.3 Å². The molecule has 42 heavy (non-hydrogen) atoms. The van der Waals surface area contributed by atoms with Gasteiger partial charge in [-0.3, -0.25) is 9.59 Å². The average molecular weight is 593 g/mol. The van der Waals surface area contributed by atoms with Crippen LogP contribution in [-0.2, 0) is 18.9 Å². The Kier molecular flexibility index (Phi) is 8.30. The van der Waals surface area contributed by atoms with E-state index in [9.17, 15) is 50.1 Å². The van der Waals surface area contributed by atoms with E-state index in [0.717, 1.165) is 13.2 Å². The van der Waals surface area contributed by atoms with E-state index in [1.165, 1.54) is 24.3 Å². The average Bonchev–Trinajstić information content (AvgIpc) is 2.98. The second-order valence-corrected chi connectivity index (χ2v) is 9.93. The van der Waals surface area contributed by atoms with Crippen molar-refractivity contribution in [3.05, 3.63) is 58.1 Å². The van der Waals surface area contributed by atoms with Gasteiger partial charge in [0.05, 0.1) is 25.9 Å². The van der Waals surface area contributed by atoms with Crippen LogP contribution in [0.5, 0.6) is 11.5 Å². The predicted octanol–water partition coefficient (Wildman–Crippen LogP) is -2.40.